The molecule has 0 saturated carbocycles. The van der Waals surface area contributed by atoms with Crippen LogP contribution in [0.4, 0.5) is 0 Å². The van der Waals surface area contributed by atoms with Gasteiger partial charge in [-0.25, -0.2) is 4.98 Å². The number of imidazole rings is 1. The summed E-state index contributed by atoms with van der Waals surface area (Å²) >= 11 is 12.1. The van der Waals surface area contributed by atoms with Crippen LogP contribution in [0.1, 0.15) is 16.7 Å². The van der Waals surface area contributed by atoms with Crippen LogP contribution < -0.4 is 0 Å². The average Bonchev–Trinajstić information content (AvgIpc) is 2.97. The quantitative estimate of drug-likeness (QED) is 0.621. The van der Waals surface area contributed by atoms with E-state index in [1.807, 2.05) is 36.0 Å². The number of rotatable bonds is 2. The van der Waals surface area contributed by atoms with E-state index in [0.29, 0.717) is 0 Å². The third-order valence-corrected chi connectivity index (χ3v) is 3.76. The summed E-state index contributed by atoms with van der Waals surface area (Å²) in [6.07, 6.45) is 6.21. The molecule has 0 spiro atoms. The summed E-state index contributed by atoms with van der Waals surface area (Å²) in [6, 6.07) is 14.0. The fraction of sp³-hybridized carbons (Fsp3) is 0.167. The molecule has 2 nitrogen and oxygen atoms in total. The van der Waals surface area contributed by atoms with Crippen molar-refractivity contribution in [3.05, 3.63) is 87.9 Å². The van der Waals surface area contributed by atoms with Crippen molar-refractivity contribution in [2.24, 2.45) is 7.05 Å². The minimum atomic E-state index is 0.728. The minimum Gasteiger partial charge on any atom is -0.341 e. The first-order valence-corrected chi connectivity index (χ1v) is 7.71. The average molecular weight is 333 g/mol. The van der Waals surface area contributed by atoms with Gasteiger partial charge in [0.1, 0.15) is 0 Å². The van der Waals surface area contributed by atoms with E-state index < -0.39 is 0 Å². The highest BCUT2D eigenvalue weighted by Gasteiger charge is 2.02. The summed E-state index contributed by atoms with van der Waals surface area (Å²) in [5, 5.41) is 1.50. The van der Waals surface area contributed by atoms with Crippen molar-refractivity contribution in [1.29, 1.82) is 0 Å². The SMILES string of the molecule is Cc1ccc(Cc2cc(Cl)ccc2Cl)cc1.Cn1ccnc1. The molecule has 3 rings (SSSR count). The molecule has 3 aromatic rings. The molecule has 0 unspecified atom stereocenters. The van der Waals surface area contributed by atoms with Gasteiger partial charge in [-0.3, -0.25) is 0 Å². The molecule has 0 fully saturated rings. The first kappa shape index (κ1) is 16.6. The fourth-order valence-electron chi connectivity index (χ4n) is 1.93. The van der Waals surface area contributed by atoms with Gasteiger partial charge in [0.2, 0.25) is 0 Å². The molecule has 0 aliphatic carbocycles. The van der Waals surface area contributed by atoms with E-state index in [9.17, 15) is 0 Å². The van der Waals surface area contributed by atoms with Crippen LogP contribution in [0.2, 0.25) is 10.0 Å². The van der Waals surface area contributed by atoms with E-state index in [-0.39, 0.29) is 0 Å². The van der Waals surface area contributed by atoms with Crippen molar-refractivity contribution in [3.63, 3.8) is 0 Å². The maximum absolute atomic E-state index is 6.12. The standard InChI is InChI=1S/C14H12Cl2.C4H6N2/c1-10-2-4-11(5-3-10)8-12-9-13(15)6-7-14(12)16;1-6-3-2-5-4-6/h2-7,9H,8H2,1H3;2-4H,1H3. The zero-order chi connectivity index (χ0) is 15.9. The van der Waals surface area contributed by atoms with Gasteiger partial charge < -0.3 is 4.57 Å². The van der Waals surface area contributed by atoms with Crippen LogP contribution in [-0.4, -0.2) is 9.55 Å². The Morgan fingerprint density at radius 3 is 2.32 bits per heavy atom. The first-order chi connectivity index (χ1) is 10.5. The maximum Gasteiger partial charge on any atom is 0.0943 e. The van der Waals surface area contributed by atoms with Gasteiger partial charge >= 0.3 is 0 Å². The smallest absolute Gasteiger partial charge is 0.0943 e. The van der Waals surface area contributed by atoms with Crippen LogP contribution in [0.5, 0.6) is 0 Å². The molecule has 1 heterocycles. The number of nitrogens with zero attached hydrogens (tertiary/aromatic N) is 2. The molecule has 2 aromatic carbocycles. The minimum absolute atomic E-state index is 0.728. The van der Waals surface area contributed by atoms with Crippen LogP contribution in [0.15, 0.2) is 61.2 Å². The van der Waals surface area contributed by atoms with Crippen molar-refractivity contribution in [3.8, 4) is 0 Å². The fourth-order valence-corrected chi connectivity index (χ4v) is 2.31. The molecule has 0 N–H and O–H groups in total. The lowest BCUT2D eigenvalue weighted by Gasteiger charge is -2.05. The molecule has 0 radical (unpaired) electrons. The molecule has 0 atom stereocenters. The van der Waals surface area contributed by atoms with Gasteiger partial charge in [0.05, 0.1) is 6.33 Å². The summed E-state index contributed by atoms with van der Waals surface area (Å²) < 4.78 is 1.89. The molecule has 0 aliphatic heterocycles. The van der Waals surface area contributed by atoms with Gasteiger partial charge in [0.15, 0.2) is 0 Å². The normalized spacial score (nSPS) is 10.0. The highest BCUT2D eigenvalue weighted by atomic mass is 35.5. The van der Waals surface area contributed by atoms with E-state index in [1.54, 1.807) is 12.5 Å². The highest BCUT2D eigenvalue weighted by molar-refractivity contribution is 6.33. The van der Waals surface area contributed by atoms with Crippen LogP contribution in [0.25, 0.3) is 0 Å². The predicted molar refractivity (Wildman–Crippen MR) is 93.7 cm³/mol. The first-order valence-electron chi connectivity index (χ1n) is 6.96. The lowest BCUT2D eigenvalue weighted by molar-refractivity contribution is 0.913. The summed E-state index contributed by atoms with van der Waals surface area (Å²) in [5.74, 6) is 0. The Morgan fingerprint density at radius 1 is 1.05 bits per heavy atom. The Hall–Kier alpha value is -1.77. The third kappa shape index (κ3) is 5.21. The molecule has 114 valence electrons. The van der Waals surface area contributed by atoms with Crippen molar-refractivity contribution < 1.29 is 0 Å². The van der Waals surface area contributed by atoms with E-state index >= 15 is 0 Å². The van der Waals surface area contributed by atoms with Crippen LogP contribution in [0, 0.1) is 6.92 Å². The lowest BCUT2D eigenvalue weighted by Crippen LogP contribution is -1.89. The van der Waals surface area contributed by atoms with Crippen LogP contribution in [0.3, 0.4) is 0 Å². The molecular weight excluding hydrogens is 315 g/mol. The van der Waals surface area contributed by atoms with Gasteiger partial charge in [-0.1, -0.05) is 53.0 Å². The molecule has 0 amide bonds. The second kappa shape index (κ2) is 8.02. The Balaban J connectivity index is 0.000000246. The second-order valence-electron chi connectivity index (χ2n) is 5.13. The van der Waals surface area contributed by atoms with Gasteiger partial charge in [0, 0.05) is 29.5 Å². The lowest BCUT2D eigenvalue weighted by atomic mass is 10.0. The van der Waals surface area contributed by atoms with Crippen molar-refractivity contribution in [2.75, 3.05) is 0 Å². The Labute approximate surface area is 141 Å². The van der Waals surface area contributed by atoms with E-state index in [2.05, 4.69) is 36.2 Å². The summed E-state index contributed by atoms with van der Waals surface area (Å²) in [5.41, 5.74) is 3.58. The van der Waals surface area contributed by atoms with Gasteiger partial charge in [0.25, 0.3) is 0 Å². The molecule has 1 aromatic heterocycles. The van der Waals surface area contributed by atoms with Crippen LogP contribution in [-0.2, 0) is 13.5 Å². The zero-order valence-electron chi connectivity index (χ0n) is 12.6. The van der Waals surface area contributed by atoms with Gasteiger partial charge in [-0.15, -0.1) is 0 Å². The zero-order valence-corrected chi connectivity index (χ0v) is 14.1. The molecule has 0 bridgehead atoms. The maximum atomic E-state index is 6.12. The van der Waals surface area contributed by atoms with Gasteiger partial charge in [-0.2, -0.15) is 0 Å². The van der Waals surface area contributed by atoms with Crippen molar-refractivity contribution >= 4 is 23.2 Å². The third-order valence-electron chi connectivity index (χ3n) is 3.16. The van der Waals surface area contributed by atoms with E-state index in [1.165, 1.54) is 11.1 Å². The molecule has 22 heavy (non-hydrogen) atoms. The number of halogens is 2. The number of aromatic nitrogens is 2. The number of hydrogen-bond donors (Lipinski definition) is 0. The molecular formula is C18H18Cl2N2. The number of aryl methyl sites for hydroxylation is 2. The molecule has 0 saturated heterocycles. The monoisotopic (exact) mass is 332 g/mol. The Morgan fingerprint density at radius 2 is 1.77 bits per heavy atom. The van der Waals surface area contributed by atoms with Crippen molar-refractivity contribution in [1.82, 2.24) is 9.55 Å². The topological polar surface area (TPSA) is 17.8 Å². The molecule has 0 aliphatic rings. The van der Waals surface area contributed by atoms with E-state index in [4.69, 9.17) is 23.2 Å². The predicted octanol–water partition coefficient (Wildman–Crippen LogP) is 5.31. The van der Waals surface area contributed by atoms with Gasteiger partial charge in [-0.05, 0) is 42.7 Å². The molecule has 4 heteroatoms. The summed E-state index contributed by atoms with van der Waals surface area (Å²) in [7, 11) is 1.94. The Bertz CT molecular complexity index is 704. The Kier molecular flexibility index (Phi) is 6.05. The number of hydrogen-bond acceptors (Lipinski definition) is 1. The van der Waals surface area contributed by atoms with Crippen LogP contribution >= 0.6 is 23.2 Å². The number of benzene rings is 2. The summed E-state index contributed by atoms with van der Waals surface area (Å²) in [4.78, 5) is 3.78. The second-order valence-corrected chi connectivity index (χ2v) is 5.97. The highest BCUT2D eigenvalue weighted by Crippen LogP contribution is 2.23. The largest absolute Gasteiger partial charge is 0.341 e. The summed E-state index contributed by atoms with van der Waals surface area (Å²) in [6.45, 7) is 2.08. The van der Waals surface area contributed by atoms with Crippen molar-refractivity contribution in [2.45, 2.75) is 13.3 Å². The van der Waals surface area contributed by atoms with E-state index in [0.717, 1.165) is 22.0 Å².